The van der Waals surface area contributed by atoms with E-state index in [1.807, 2.05) is 0 Å². The van der Waals surface area contributed by atoms with Gasteiger partial charge in [-0.15, -0.1) is 0 Å². The van der Waals surface area contributed by atoms with Crippen LogP contribution in [0.25, 0.3) is 0 Å². The van der Waals surface area contributed by atoms with Gasteiger partial charge in [0.2, 0.25) is 0 Å². The minimum Gasteiger partial charge on any atom is -0.346 e. The molecule has 0 saturated heterocycles. The third-order valence-corrected chi connectivity index (χ3v) is 5.61. The molecule has 2 aliphatic rings. The van der Waals surface area contributed by atoms with Crippen molar-refractivity contribution >= 4 is 11.5 Å². The highest BCUT2D eigenvalue weighted by molar-refractivity contribution is 5.96. The van der Waals surface area contributed by atoms with E-state index in [4.69, 9.17) is 0 Å². The maximum absolute atomic E-state index is 11.8. The molecule has 2 aliphatic heterocycles. The van der Waals surface area contributed by atoms with E-state index in [1.165, 1.54) is 34.6 Å². The lowest BCUT2D eigenvalue weighted by atomic mass is 9.95. The van der Waals surface area contributed by atoms with Crippen LogP contribution in [-0.4, -0.2) is 28.6 Å². The fourth-order valence-electron chi connectivity index (χ4n) is 4.42. The van der Waals surface area contributed by atoms with Gasteiger partial charge < -0.3 is 5.11 Å². The number of amidine groups is 1. The van der Waals surface area contributed by atoms with E-state index in [0.29, 0.717) is 6.54 Å². The van der Waals surface area contributed by atoms with Gasteiger partial charge in [-0.05, 0) is 56.9 Å². The Hall–Kier alpha value is -2.13. The summed E-state index contributed by atoms with van der Waals surface area (Å²) in [5, 5.41) is 11.8. The minimum absolute atomic E-state index is 0.593. The largest absolute Gasteiger partial charge is 0.346 e. The normalized spacial score (nSPS) is 23.1. The van der Waals surface area contributed by atoms with Gasteiger partial charge in [0.05, 0.1) is 6.54 Å². The molecule has 1 unspecified atom stereocenters. The highest BCUT2D eigenvalue weighted by Gasteiger charge is 2.53. The zero-order valence-corrected chi connectivity index (χ0v) is 15.4. The molecule has 0 aliphatic carbocycles. The highest BCUT2D eigenvalue weighted by atomic mass is 16.3. The molecular weight excluding hydrogens is 308 g/mol. The van der Waals surface area contributed by atoms with Crippen LogP contribution in [-0.2, 0) is 5.72 Å². The Morgan fingerprint density at radius 2 is 1.80 bits per heavy atom. The molecule has 0 bridgehead atoms. The van der Waals surface area contributed by atoms with E-state index >= 15 is 0 Å². The Labute approximate surface area is 150 Å². The van der Waals surface area contributed by atoms with Gasteiger partial charge in [-0.3, -0.25) is 0 Å². The van der Waals surface area contributed by atoms with E-state index in [0.717, 1.165) is 24.9 Å². The number of aryl methyl sites for hydroxylation is 3. The van der Waals surface area contributed by atoms with Gasteiger partial charge in [0.1, 0.15) is 5.69 Å². The maximum atomic E-state index is 11.8. The Bertz CT molecular complexity index is 855. The topological polar surface area (TPSA) is 26.5 Å². The number of hydrogen-bond donors (Lipinski definition) is 1. The van der Waals surface area contributed by atoms with Crippen LogP contribution in [0.1, 0.15) is 41.5 Å². The molecule has 3 nitrogen and oxygen atoms in total. The lowest BCUT2D eigenvalue weighted by Gasteiger charge is -2.26. The Morgan fingerprint density at radius 3 is 2.56 bits per heavy atom. The molecule has 1 N–H and O–H groups in total. The second-order valence-electron chi connectivity index (χ2n) is 7.59. The van der Waals surface area contributed by atoms with Crippen molar-refractivity contribution in [1.82, 2.24) is 0 Å². The molecule has 130 valence electrons. The molecule has 0 aromatic heterocycles. The van der Waals surface area contributed by atoms with Crippen molar-refractivity contribution in [1.29, 1.82) is 0 Å². The summed E-state index contributed by atoms with van der Waals surface area (Å²) in [6, 6.07) is 15.0. The van der Waals surface area contributed by atoms with Crippen molar-refractivity contribution in [2.75, 3.05) is 18.0 Å². The SMILES string of the molecule is Cc1cccc(N2CC(O)(c3ccc(C)cc3C)[N+]3=C2CCCC3)c1. The first-order chi connectivity index (χ1) is 12.0. The Kier molecular flexibility index (Phi) is 3.92. The predicted octanol–water partition coefficient (Wildman–Crippen LogP) is 3.87. The van der Waals surface area contributed by atoms with Crippen molar-refractivity contribution in [3.8, 4) is 0 Å². The minimum atomic E-state index is -0.947. The number of β-amino-alcohol motifs (C(OH)–C–C–N with tert-alkyl or cyclic N) is 1. The lowest BCUT2D eigenvalue weighted by molar-refractivity contribution is -0.661. The average molecular weight is 335 g/mol. The van der Waals surface area contributed by atoms with Crippen LogP contribution in [0.2, 0.25) is 0 Å². The lowest BCUT2D eigenvalue weighted by Crippen LogP contribution is -2.42. The number of rotatable bonds is 2. The van der Waals surface area contributed by atoms with Gasteiger partial charge in [-0.25, -0.2) is 9.48 Å². The summed E-state index contributed by atoms with van der Waals surface area (Å²) in [4.78, 5) is 2.32. The molecule has 1 atom stereocenters. The van der Waals surface area contributed by atoms with Crippen molar-refractivity contribution < 1.29 is 9.68 Å². The summed E-state index contributed by atoms with van der Waals surface area (Å²) in [7, 11) is 0. The van der Waals surface area contributed by atoms with E-state index in [9.17, 15) is 5.11 Å². The Morgan fingerprint density at radius 1 is 1.00 bits per heavy atom. The molecule has 2 heterocycles. The van der Waals surface area contributed by atoms with Crippen LogP contribution >= 0.6 is 0 Å². The monoisotopic (exact) mass is 335 g/mol. The summed E-state index contributed by atoms with van der Waals surface area (Å²) in [6.45, 7) is 7.85. The zero-order chi connectivity index (χ0) is 17.6. The van der Waals surface area contributed by atoms with Crippen LogP contribution in [0.3, 0.4) is 0 Å². The third kappa shape index (κ3) is 2.67. The number of nitrogens with zero attached hydrogens (tertiary/aromatic N) is 2. The smallest absolute Gasteiger partial charge is 0.271 e. The molecule has 2 aromatic carbocycles. The number of anilines is 1. The fourth-order valence-corrected chi connectivity index (χ4v) is 4.42. The summed E-state index contributed by atoms with van der Waals surface area (Å²) < 4.78 is 2.25. The highest BCUT2D eigenvalue weighted by Crippen LogP contribution is 2.37. The van der Waals surface area contributed by atoms with Gasteiger partial charge >= 0.3 is 0 Å². The second-order valence-corrected chi connectivity index (χ2v) is 7.59. The standard InChI is InChI=1S/C22H27N2O/c1-16-7-6-8-19(14-16)23-15-22(25,24-12-5-4-9-21(23)24)20-11-10-17(2)13-18(20)3/h6-8,10-11,13-14,25H,4-5,9,12,15H2,1-3H3/q+1. The van der Waals surface area contributed by atoms with Gasteiger partial charge in [-0.2, -0.15) is 0 Å². The first-order valence-corrected chi connectivity index (χ1v) is 9.27. The van der Waals surface area contributed by atoms with E-state index in [-0.39, 0.29) is 0 Å². The summed E-state index contributed by atoms with van der Waals surface area (Å²) in [5.41, 5.74) is 4.93. The van der Waals surface area contributed by atoms with Crippen LogP contribution in [0.15, 0.2) is 42.5 Å². The van der Waals surface area contributed by atoms with Crippen molar-refractivity contribution in [2.24, 2.45) is 0 Å². The van der Waals surface area contributed by atoms with E-state index in [2.05, 4.69) is 72.7 Å². The summed E-state index contributed by atoms with van der Waals surface area (Å²) in [6.07, 6.45) is 3.36. The summed E-state index contributed by atoms with van der Waals surface area (Å²) >= 11 is 0. The Balaban J connectivity index is 1.83. The molecular formula is C22H27N2O+. The molecule has 4 rings (SSSR count). The van der Waals surface area contributed by atoms with E-state index < -0.39 is 5.72 Å². The van der Waals surface area contributed by atoms with Crippen molar-refractivity contribution in [2.45, 2.75) is 45.8 Å². The molecule has 0 amide bonds. The first-order valence-electron chi connectivity index (χ1n) is 9.27. The average Bonchev–Trinajstić information content (AvgIpc) is 2.89. The molecule has 25 heavy (non-hydrogen) atoms. The van der Waals surface area contributed by atoms with Crippen molar-refractivity contribution in [3.63, 3.8) is 0 Å². The van der Waals surface area contributed by atoms with Crippen molar-refractivity contribution in [3.05, 3.63) is 64.7 Å². The molecule has 0 fully saturated rings. The first kappa shape index (κ1) is 16.3. The van der Waals surface area contributed by atoms with Gasteiger partial charge in [0.15, 0.2) is 6.54 Å². The number of aliphatic hydroxyl groups is 1. The zero-order valence-electron chi connectivity index (χ0n) is 15.4. The van der Waals surface area contributed by atoms with E-state index in [1.54, 1.807) is 0 Å². The van der Waals surface area contributed by atoms with Crippen LogP contribution < -0.4 is 4.90 Å². The summed E-state index contributed by atoms with van der Waals surface area (Å²) in [5.74, 6) is 1.26. The number of benzene rings is 2. The molecule has 3 heteroatoms. The van der Waals surface area contributed by atoms with Gasteiger partial charge in [-0.1, -0.05) is 35.9 Å². The maximum Gasteiger partial charge on any atom is 0.271 e. The third-order valence-electron chi connectivity index (χ3n) is 5.61. The quantitative estimate of drug-likeness (QED) is 0.843. The van der Waals surface area contributed by atoms with Gasteiger partial charge in [0, 0.05) is 12.0 Å². The van der Waals surface area contributed by atoms with Gasteiger partial charge in [0.25, 0.3) is 11.6 Å². The molecule has 0 spiro atoms. The second kappa shape index (κ2) is 5.99. The molecule has 0 saturated carbocycles. The molecule has 0 radical (unpaired) electrons. The number of hydrogen-bond acceptors (Lipinski definition) is 2. The molecule has 2 aromatic rings. The predicted molar refractivity (Wildman–Crippen MR) is 102 cm³/mol. The van der Waals surface area contributed by atoms with Crippen LogP contribution in [0.5, 0.6) is 0 Å². The van der Waals surface area contributed by atoms with Crippen LogP contribution in [0, 0.1) is 20.8 Å². The van der Waals surface area contributed by atoms with Crippen LogP contribution in [0.4, 0.5) is 5.69 Å². The fraction of sp³-hybridized carbons (Fsp3) is 0.409.